The van der Waals surface area contributed by atoms with Gasteiger partial charge in [0, 0.05) is 24.0 Å². The molecule has 0 atom stereocenters. The zero-order valence-electron chi connectivity index (χ0n) is 11.5. The monoisotopic (exact) mass is 350 g/mol. The second-order valence-electron chi connectivity index (χ2n) is 5.02. The number of carbonyl (C=O) groups is 1. The van der Waals surface area contributed by atoms with Crippen molar-refractivity contribution in [2.75, 3.05) is 17.1 Å². The molecule has 1 N–H and O–H groups in total. The molecule has 0 spiro atoms. The van der Waals surface area contributed by atoms with E-state index in [1.54, 1.807) is 6.07 Å². The normalized spacial score (nSPS) is 14.8. The molecule has 0 saturated heterocycles. The summed E-state index contributed by atoms with van der Waals surface area (Å²) >= 11 is 11.9. The first kappa shape index (κ1) is 16.4. The summed E-state index contributed by atoms with van der Waals surface area (Å²) < 4.78 is 25.0. The predicted octanol–water partition coefficient (Wildman–Crippen LogP) is 2.43. The summed E-state index contributed by atoms with van der Waals surface area (Å²) in [6, 6.07) is 4.82. The Morgan fingerprint density at radius 3 is 2.57 bits per heavy atom. The first-order valence-electron chi connectivity index (χ1n) is 6.49. The van der Waals surface area contributed by atoms with E-state index in [9.17, 15) is 13.2 Å². The molecule has 0 bridgehead atoms. The lowest BCUT2D eigenvalue weighted by Gasteiger charge is -2.23. The van der Waals surface area contributed by atoms with Gasteiger partial charge in [-0.2, -0.15) is 0 Å². The van der Waals surface area contributed by atoms with Gasteiger partial charge < -0.3 is 5.32 Å². The van der Waals surface area contributed by atoms with Crippen LogP contribution in [-0.2, 0) is 14.8 Å². The molecule has 0 aromatic heterocycles. The summed E-state index contributed by atoms with van der Waals surface area (Å²) in [7, 11) is -3.54. The third kappa shape index (κ3) is 4.76. The second-order valence-corrected chi connectivity index (χ2v) is 7.77. The van der Waals surface area contributed by atoms with E-state index in [0.29, 0.717) is 10.7 Å². The van der Waals surface area contributed by atoms with Crippen LogP contribution in [0.4, 0.5) is 5.69 Å². The minimum atomic E-state index is -3.54. The van der Waals surface area contributed by atoms with Crippen molar-refractivity contribution >= 4 is 44.8 Å². The number of amides is 1. The fourth-order valence-electron chi connectivity index (χ4n) is 1.88. The van der Waals surface area contributed by atoms with Crippen molar-refractivity contribution in [1.82, 2.24) is 5.32 Å². The van der Waals surface area contributed by atoms with Gasteiger partial charge in [0.1, 0.15) is 0 Å². The van der Waals surface area contributed by atoms with Crippen LogP contribution in [0.25, 0.3) is 0 Å². The van der Waals surface area contributed by atoms with Crippen molar-refractivity contribution in [2.24, 2.45) is 0 Å². The zero-order chi connectivity index (χ0) is 15.6. The van der Waals surface area contributed by atoms with Crippen molar-refractivity contribution in [3.63, 3.8) is 0 Å². The molecule has 8 heteroatoms. The smallest absolute Gasteiger partial charge is 0.232 e. The van der Waals surface area contributed by atoms with Gasteiger partial charge in [-0.1, -0.05) is 23.2 Å². The van der Waals surface area contributed by atoms with Crippen molar-refractivity contribution in [3.05, 3.63) is 28.2 Å². The molecule has 116 valence electrons. The molecular formula is C13H16Cl2N2O3S. The maximum Gasteiger partial charge on any atom is 0.232 e. The van der Waals surface area contributed by atoms with Crippen LogP contribution in [0.15, 0.2) is 18.2 Å². The predicted molar refractivity (Wildman–Crippen MR) is 84.4 cm³/mol. The fourth-order valence-corrected chi connectivity index (χ4v) is 3.38. The van der Waals surface area contributed by atoms with E-state index in [-0.39, 0.29) is 29.9 Å². The minimum absolute atomic E-state index is 0.0404. The summed E-state index contributed by atoms with van der Waals surface area (Å²) in [5.74, 6) is -0.156. The van der Waals surface area contributed by atoms with E-state index in [1.165, 1.54) is 12.1 Å². The standard InChI is InChI=1S/C13H16Cl2N2O3S/c1-21(19,20)17(7-6-13(18)16-10-3-4-10)12-5-2-9(14)8-11(12)15/h2,5,8,10H,3-4,6-7H2,1H3,(H,16,18). The molecule has 1 aromatic carbocycles. The van der Waals surface area contributed by atoms with Gasteiger partial charge in [-0.15, -0.1) is 0 Å². The van der Waals surface area contributed by atoms with E-state index < -0.39 is 10.0 Å². The van der Waals surface area contributed by atoms with Crippen LogP contribution in [0.1, 0.15) is 19.3 Å². The van der Waals surface area contributed by atoms with Gasteiger partial charge in [0.05, 0.1) is 17.0 Å². The maximum absolute atomic E-state index is 11.9. The van der Waals surface area contributed by atoms with Crippen molar-refractivity contribution in [2.45, 2.75) is 25.3 Å². The number of benzene rings is 1. The molecule has 1 saturated carbocycles. The van der Waals surface area contributed by atoms with E-state index >= 15 is 0 Å². The second kappa shape index (κ2) is 6.42. The Hall–Kier alpha value is -0.980. The van der Waals surface area contributed by atoms with Gasteiger partial charge in [0.25, 0.3) is 0 Å². The van der Waals surface area contributed by atoms with Crippen molar-refractivity contribution in [3.8, 4) is 0 Å². The summed E-state index contributed by atoms with van der Waals surface area (Å²) in [4.78, 5) is 11.7. The van der Waals surface area contributed by atoms with Crippen LogP contribution in [0.2, 0.25) is 10.0 Å². The average molecular weight is 351 g/mol. The number of hydrogen-bond acceptors (Lipinski definition) is 3. The van der Waals surface area contributed by atoms with Crippen molar-refractivity contribution in [1.29, 1.82) is 0 Å². The van der Waals surface area contributed by atoms with E-state index in [4.69, 9.17) is 23.2 Å². The van der Waals surface area contributed by atoms with Crippen LogP contribution in [0.5, 0.6) is 0 Å². The molecule has 1 aliphatic rings. The van der Waals surface area contributed by atoms with Gasteiger partial charge in [0.15, 0.2) is 0 Å². The van der Waals surface area contributed by atoms with Crippen LogP contribution in [-0.4, -0.2) is 33.2 Å². The summed E-state index contributed by atoms with van der Waals surface area (Å²) in [6.45, 7) is 0.0404. The van der Waals surface area contributed by atoms with Crippen molar-refractivity contribution < 1.29 is 13.2 Å². The molecular weight excluding hydrogens is 335 g/mol. The Morgan fingerprint density at radius 1 is 1.38 bits per heavy atom. The molecule has 0 heterocycles. The van der Waals surface area contributed by atoms with Gasteiger partial charge in [-0.05, 0) is 31.0 Å². The van der Waals surface area contributed by atoms with Crippen LogP contribution in [0.3, 0.4) is 0 Å². The van der Waals surface area contributed by atoms with Gasteiger partial charge in [0.2, 0.25) is 15.9 Å². The van der Waals surface area contributed by atoms with Crippen LogP contribution < -0.4 is 9.62 Å². The molecule has 0 unspecified atom stereocenters. The van der Waals surface area contributed by atoms with Crippen LogP contribution >= 0.6 is 23.2 Å². The quantitative estimate of drug-likeness (QED) is 0.856. The molecule has 0 aliphatic heterocycles. The third-order valence-electron chi connectivity index (χ3n) is 3.06. The van der Waals surface area contributed by atoms with E-state index in [2.05, 4.69) is 5.32 Å². The Labute approximate surface area is 134 Å². The summed E-state index contributed by atoms with van der Waals surface area (Å²) in [5.41, 5.74) is 0.322. The molecule has 1 fully saturated rings. The fraction of sp³-hybridized carbons (Fsp3) is 0.462. The highest BCUT2D eigenvalue weighted by Crippen LogP contribution is 2.30. The summed E-state index contributed by atoms with van der Waals surface area (Å²) in [6.07, 6.45) is 3.15. The highest BCUT2D eigenvalue weighted by molar-refractivity contribution is 7.92. The Bertz CT molecular complexity index is 645. The van der Waals surface area contributed by atoms with Gasteiger partial charge >= 0.3 is 0 Å². The number of nitrogens with one attached hydrogen (secondary N) is 1. The Morgan fingerprint density at radius 2 is 2.05 bits per heavy atom. The topological polar surface area (TPSA) is 66.5 Å². The van der Waals surface area contributed by atoms with E-state index in [0.717, 1.165) is 23.4 Å². The molecule has 5 nitrogen and oxygen atoms in total. The number of carbonyl (C=O) groups excluding carboxylic acids is 1. The Kier molecular flexibility index (Phi) is 5.01. The number of rotatable bonds is 6. The highest BCUT2D eigenvalue weighted by Gasteiger charge is 2.25. The molecule has 0 radical (unpaired) electrons. The van der Waals surface area contributed by atoms with Gasteiger partial charge in [-0.3, -0.25) is 9.10 Å². The average Bonchev–Trinajstić information content (AvgIpc) is 3.14. The molecule has 21 heavy (non-hydrogen) atoms. The summed E-state index contributed by atoms with van der Waals surface area (Å²) in [5, 5.41) is 3.47. The minimum Gasteiger partial charge on any atom is -0.353 e. The number of halogens is 2. The molecule has 1 aliphatic carbocycles. The lowest BCUT2D eigenvalue weighted by molar-refractivity contribution is -0.121. The number of hydrogen-bond donors (Lipinski definition) is 1. The number of anilines is 1. The number of nitrogens with zero attached hydrogens (tertiary/aromatic N) is 1. The lowest BCUT2D eigenvalue weighted by Crippen LogP contribution is -2.35. The van der Waals surface area contributed by atoms with E-state index in [1.807, 2.05) is 0 Å². The third-order valence-corrected chi connectivity index (χ3v) is 4.78. The lowest BCUT2D eigenvalue weighted by atomic mass is 10.3. The molecule has 1 aromatic rings. The zero-order valence-corrected chi connectivity index (χ0v) is 13.8. The first-order valence-corrected chi connectivity index (χ1v) is 9.10. The first-order chi connectivity index (χ1) is 9.77. The molecule has 1 amide bonds. The Balaban J connectivity index is 2.12. The SMILES string of the molecule is CS(=O)(=O)N(CCC(=O)NC1CC1)c1ccc(Cl)cc1Cl. The highest BCUT2D eigenvalue weighted by atomic mass is 35.5. The number of sulfonamides is 1. The van der Waals surface area contributed by atoms with Crippen LogP contribution in [0, 0.1) is 0 Å². The molecule has 2 rings (SSSR count). The maximum atomic E-state index is 11.9. The largest absolute Gasteiger partial charge is 0.353 e. The van der Waals surface area contributed by atoms with Gasteiger partial charge in [-0.25, -0.2) is 8.42 Å².